The average molecular weight is 473 g/mol. The lowest BCUT2D eigenvalue weighted by atomic mass is 9.83. The fraction of sp³-hybridized carbons (Fsp3) is 0.583. The minimum absolute atomic E-state index is 0.0695. The lowest BCUT2D eigenvalue weighted by molar-refractivity contribution is -0.121. The van der Waals surface area contributed by atoms with Crippen LogP contribution in [0.25, 0.3) is 0 Å². The third-order valence-electron chi connectivity index (χ3n) is 6.92. The normalized spacial score (nSPS) is 22.3. The summed E-state index contributed by atoms with van der Waals surface area (Å²) >= 11 is 1.25. The Morgan fingerprint density at radius 3 is 2.56 bits per heavy atom. The quantitative estimate of drug-likeness (QED) is 0.540. The summed E-state index contributed by atoms with van der Waals surface area (Å²) in [5.41, 5.74) is 1.77. The molecule has 0 N–H and O–H groups in total. The molecule has 0 radical (unpaired) electrons. The van der Waals surface area contributed by atoms with Gasteiger partial charge in [0, 0.05) is 18.8 Å². The first-order valence-corrected chi connectivity index (χ1v) is 13.8. The number of rotatable bonds is 9. The molecule has 3 aliphatic carbocycles. The van der Waals surface area contributed by atoms with E-state index in [1.807, 2.05) is 19.1 Å². The third-order valence-corrected chi connectivity index (χ3v) is 10.1. The van der Waals surface area contributed by atoms with Crippen LogP contribution in [0.15, 0.2) is 23.1 Å². The maximum absolute atomic E-state index is 13.4. The second-order valence-electron chi connectivity index (χ2n) is 9.63. The molecular formula is C24H28N2O4S2. The fourth-order valence-corrected chi connectivity index (χ4v) is 7.46. The molecule has 1 aromatic carbocycles. The van der Waals surface area contributed by atoms with E-state index in [0.29, 0.717) is 35.0 Å². The van der Waals surface area contributed by atoms with E-state index in [2.05, 4.69) is 9.36 Å². The molecule has 0 saturated heterocycles. The van der Waals surface area contributed by atoms with E-state index in [9.17, 15) is 18.0 Å². The third kappa shape index (κ3) is 4.57. The topological polar surface area (TPSA) is 94.1 Å². The zero-order valence-electron chi connectivity index (χ0n) is 18.2. The predicted octanol–water partition coefficient (Wildman–Crippen LogP) is 4.31. The maximum Gasteiger partial charge on any atom is 0.181 e. The van der Waals surface area contributed by atoms with Crippen molar-refractivity contribution >= 4 is 32.9 Å². The molecular weight excluding hydrogens is 444 g/mol. The number of nitrogens with zero attached hydrogens (tertiary/aromatic N) is 2. The Balaban J connectivity index is 1.47. The molecule has 6 nitrogen and oxygen atoms in total. The maximum atomic E-state index is 13.4. The number of hydrogen-bond acceptors (Lipinski definition) is 7. The molecule has 0 bridgehead atoms. The Morgan fingerprint density at radius 2 is 1.97 bits per heavy atom. The van der Waals surface area contributed by atoms with Gasteiger partial charge in [0.2, 0.25) is 0 Å². The van der Waals surface area contributed by atoms with Gasteiger partial charge >= 0.3 is 0 Å². The summed E-state index contributed by atoms with van der Waals surface area (Å²) < 4.78 is 30.2. The van der Waals surface area contributed by atoms with Crippen molar-refractivity contribution in [1.82, 2.24) is 9.36 Å². The standard InChI is InChI=1S/C24H28N2O4S2/c1-14-25-24(31-26-14)13-22(28)20(11-15-2-6-18(27)10-15)17-5-9-23(21(12-17)16-3-4-16)32(29,30)19-7-8-19/h5,9,12,15-16,19-20H,2-4,6-8,10-11,13H2,1H3/t15-,20+/m0/s1. The predicted molar refractivity (Wildman–Crippen MR) is 122 cm³/mol. The smallest absolute Gasteiger partial charge is 0.181 e. The fourth-order valence-electron chi connectivity index (χ4n) is 4.88. The van der Waals surface area contributed by atoms with Gasteiger partial charge in [-0.1, -0.05) is 12.1 Å². The van der Waals surface area contributed by atoms with E-state index in [-0.39, 0.29) is 41.0 Å². The first kappa shape index (κ1) is 21.9. The molecule has 32 heavy (non-hydrogen) atoms. The second kappa shape index (κ2) is 8.45. The van der Waals surface area contributed by atoms with Crippen molar-refractivity contribution in [2.75, 3.05) is 0 Å². The highest BCUT2D eigenvalue weighted by molar-refractivity contribution is 7.92. The highest BCUT2D eigenvalue weighted by Crippen LogP contribution is 2.47. The van der Waals surface area contributed by atoms with Crippen molar-refractivity contribution in [3.63, 3.8) is 0 Å². The van der Waals surface area contributed by atoms with Crippen molar-refractivity contribution < 1.29 is 18.0 Å². The summed E-state index contributed by atoms with van der Waals surface area (Å²) in [6.45, 7) is 1.81. The number of aromatic nitrogens is 2. The summed E-state index contributed by atoms with van der Waals surface area (Å²) in [6, 6.07) is 5.56. The molecule has 3 saturated carbocycles. The Kier molecular flexibility index (Phi) is 5.78. The summed E-state index contributed by atoms with van der Waals surface area (Å²) in [6.07, 6.45) is 6.27. The highest BCUT2D eigenvalue weighted by atomic mass is 32.2. The molecule has 0 aliphatic heterocycles. The molecule has 0 amide bonds. The van der Waals surface area contributed by atoms with Crippen molar-refractivity contribution in [3.8, 4) is 0 Å². The first-order valence-electron chi connectivity index (χ1n) is 11.5. The number of ketones is 2. The van der Waals surface area contributed by atoms with Crippen LogP contribution in [0.3, 0.4) is 0 Å². The molecule has 3 aliphatic rings. The Bertz CT molecular complexity index is 1160. The number of hydrogen-bond donors (Lipinski definition) is 0. The molecule has 3 fully saturated rings. The van der Waals surface area contributed by atoms with Gasteiger partial charge in [-0.05, 0) is 86.0 Å². The molecule has 8 heteroatoms. The number of carbonyl (C=O) groups is 2. The van der Waals surface area contributed by atoms with E-state index in [1.165, 1.54) is 11.5 Å². The first-order chi connectivity index (χ1) is 15.3. The minimum Gasteiger partial charge on any atom is -0.300 e. The molecule has 0 spiro atoms. The van der Waals surface area contributed by atoms with Crippen molar-refractivity contribution in [1.29, 1.82) is 0 Å². The summed E-state index contributed by atoms with van der Waals surface area (Å²) in [7, 11) is -3.29. The van der Waals surface area contributed by atoms with Gasteiger partial charge in [0.15, 0.2) is 9.84 Å². The van der Waals surface area contributed by atoms with Crippen LogP contribution >= 0.6 is 11.5 Å². The summed E-state index contributed by atoms with van der Waals surface area (Å²) in [5.74, 6) is 1.12. The van der Waals surface area contributed by atoms with Gasteiger partial charge in [0.25, 0.3) is 0 Å². The number of Topliss-reactive ketones (excluding diaryl/α,β-unsaturated/α-hetero) is 2. The SMILES string of the molecule is Cc1nsc(CC(=O)[C@H](C[C@H]2CCC(=O)C2)c2ccc(S(=O)(=O)C3CC3)c(C3CC3)c2)n1. The molecule has 5 rings (SSSR count). The van der Waals surface area contributed by atoms with E-state index in [4.69, 9.17) is 0 Å². The van der Waals surface area contributed by atoms with Crippen LogP contribution < -0.4 is 0 Å². The summed E-state index contributed by atoms with van der Waals surface area (Å²) in [4.78, 5) is 30.1. The highest BCUT2D eigenvalue weighted by Gasteiger charge is 2.41. The zero-order valence-corrected chi connectivity index (χ0v) is 19.9. The number of aryl methyl sites for hydroxylation is 1. The van der Waals surface area contributed by atoms with E-state index in [0.717, 1.165) is 43.2 Å². The number of carbonyl (C=O) groups excluding carboxylic acids is 2. The van der Waals surface area contributed by atoms with Crippen LogP contribution in [-0.2, 0) is 25.8 Å². The number of sulfone groups is 1. The average Bonchev–Trinajstić information content (AvgIpc) is 3.68. The molecule has 1 aromatic heterocycles. The lowest BCUT2D eigenvalue weighted by Crippen LogP contribution is -2.19. The van der Waals surface area contributed by atoms with E-state index in [1.54, 1.807) is 6.07 Å². The minimum atomic E-state index is -3.29. The van der Waals surface area contributed by atoms with E-state index >= 15 is 0 Å². The molecule has 2 atom stereocenters. The van der Waals surface area contributed by atoms with Crippen LogP contribution in [0.1, 0.15) is 85.2 Å². The van der Waals surface area contributed by atoms with Crippen LogP contribution in [0.4, 0.5) is 0 Å². The van der Waals surface area contributed by atoms with Crippen LogP contribution in [0, 0.1) is 12.8 Å². The molecule has 1 heterocycles. The van der Waals surface area contributed by atoms with Crippen LogP contribution in [-0.4, -0.2) is 34.6 Å². The van der Waals surface area contributed by atoms with Gasteiger partial charge in [-0.3, -0.25) is 9.59 Å². The van der Waals surface area contributed by atoms with Crippen LogP contribution in [0.5, 0.6) is 0 Å². The van der Waals surface area contributed by atoms with Crippen molar-refractivity contribution in [2.45, 2.75) is 86.7 Å². The largest absolute Gasteiger partial charge is 0.300 e. The molecule has 0 unspecified atom stereocenters. The lowest BCUT2D eigenvalue weighted by Gasteiger charge is -2.21. The van der Waals surface area contributed by atoms with Gasteiger partial charge in [0.05, 0.1) is 16.6 Å². The van der Waals surface area contributed by atoms with Crippen molar-refractivity contribution in [2.24, 2.45) is 5.92 Å². The van der Waals surface area contributed by atoms with Crippen LogP contribution in [0.2, 0.25) is 0 Å². The Hall–Kier alpha value is -1.93. The zero-order chi connectivity index (χ0) is 22.5. The Morgan fingerprint density at radius 1 is 1.19 bits per heavy atom. The van der Waals surface area contributed by atoms with Gasteiger partial charge in [0.1, 0.15) is 22.4 Å². The van der Waals surface area contributed by atoms with Crippen molar-refractivity contribution in [3.05, 3.63) is 40.2 Å². The number of benzene rings is 1. The Labute approximate surface area is 192 Å². The second-order valence-corrected chi connectivity index (χ2v) is 12.7. The molecule has 170 valence electrons. The molecule has 2 aromatic rings. The van der Waals surface area contributed by atoms with Gasteiger partial charge in [-0.2, -0.15) is 4.37 Å². The van der Waals surface area contributed by atoms with Gasteiger partial charge in [-0.15, -0.1) is 0 Å². The van der Waals surface area contributed by atoms with E-state index < -0.39 is 9.84 Å². The monoisotopic (exact) mass is 472 g/mol. The van der Waals surface area contributed by atoms with Gasteiger partial charge in [-0.25, -0.2) is 13.4 Å². The summed E-state index contributed by atoms with van der Waals surface area (Å²) in [5, 5.41) is 0.462. The van der Waals surface area contributed by atoms with Gasteiger partial charge < -0.3 is 0 Å².